The molecule has 0 aromatic heterocycles. The highest BCUT2D eigenvalue weighted by Gasteiger charge is 2.14. The molecule has 0 radical (unpaired) electrons. The molecule has 0 aliphatic carbocycles. The van der Waals surface area contributed by atoms with Crippen molar-refractivity contribution in [1.29, 1.82) is 0 Å². The lowest BCUT2D eigenvalue weighted by Crippen LogP contribution is -2.30. The van der Waals surface area contributed by atoms with Crippen LogP contribution in [0.1, 0.15) is 24.8 Å². The molecule has 1 aliphatic rings. The number of nitrogens with zero attached hydrogens (tertiary/aromatic N) is 1. The number of nitrogen functional groups attached to an aromatic ring is 2. The largest absolute Gasteiger partial charge is 0.398 e. The maximum atomic E-state index is 6.02. The van der Waals surface area contributed by atoms with Crippen LogP contribution in [0.15, 0.2) is 12.1 Å². The zero-order valence-electron chi connectivity index (χ0n) is 9.29. The summed E-state index contributed by atoms with van der Waals surface area (Å²) < 4.78 is 0. The Morgan fingerprint density at radius 1 is 1.00 bits per heavy atom. The van der Waals surface area contributed by atoms with Gasteiger partial charge in [-0.05, 0) is 43.9 Å². The molecule has 0 saturated carbocycles. The van der Waals surface area contributed by atoms with Gasteiger partial charge in [0.15, 0.2) is 0 Å². The lowest BCUT2D eigenvalue weighted by atomic mass is 10.1. The fraction of sp³-hybridized carbons (Fsp3) is 0.500. The first-order valence-electron chi connectivity index (χ1n) is 5.59. The molecule has 0 amide bonds. The molecule has 0 unspecified atom stereocenters. The van der Waals surface area contributed by atoms with Crippen LogP contribution < -0.4 is 16.4 Å². The second kappa shape index (κ2) is 4.01. The number of anilines is 3. The zero-order chi connectivity index (χ0) is 10.8. The Labute approximate surface area is 91.1 Å². The van der Waals surface area contributed by atoms with Crippen molar-refractivity contribution in [2.24, 2.45) is 0 Å². The summed E-state index contributed by atoms with van der Waals surface area (Å²) in [5.74, 6) is 0. The summed E-state index contributed by atoms with van der Waals surface area (Å²) in [6.45, 7) is 4.20. The van der Waals surface area contributed by atoms with E-state index in [9.17, 15) is 0 Å². The Balaban J connectivity index is 2.30. The van der Waals surface area contributed by atoms with E-state index in [1.54, 1.807) is 0 Å². The van der Waals surface area contributed by atoms with E-state index < -0.39 is 0 Å². The fourth-order valence-electron chi connectivity index (χ4n) is 2.14. The van der Waals surface area contributed by atoms with Gasteiger partial charge in [0.25, 0.3) is 0 Å². The predicted molar refractivity (Wildman–Crippen MR) is 66.1 cm³/mol. The fourth-order valence-corrected chi connectivity index (χ4v) is 2.14. The van der Waals surface area contributed by atoms with Crippen molar-refractivity contribution in [3.63, 3.8) is 0 Å². The first-order valence-corrected chi connectivity index (χ1v) is 5.59. The van der Waals surface area contributed by atoms with Crippen LogP contribution in [-0.2, 0) is 0 Å². The summed E-state index contributed by atoms with van der Waals surface area (Å²) in [5, 5.41) is 0. The number of piperidine rings is 1. The third-order valence-corrected chi connectivity index (χ3v) is 3.11. The van der Waals surface area contributed by atoms with Gasteiger partial charge in [-0.3, -0.25) is 0 Å². The number of aryl methyl sites for hydroxylation is 1. The quantitative estimate of drug-likeness (QED) is 0.691. The lowest BCUT2D eigenvalue weighted by Gasteiger charge is -2.30. The van der Waals surface area contributed by atoms with E-state index in [2.05, 4.69) is 4.90 Å². The molecule has 3 heteroatoms. The van der Waals surface area contributed by atoms with Crippen LogP contribution in [0.2, 0.25) is 0 Å². The molecule has 2 rings (SSSR count). The van der Waals surface area contributed by atoms with Crippen LogP contribution in [0.5, 0.6) is 0 Å². The molecule has 0 atom stereocenters. The Morgan fingerprint density at radius 3 is 2.33 bits per heavy atom. The molecule has 1 fully saturated rings. The number of hydrogen-bond donors (Lipinski definition) is 2. The molecule has 0 bridgehead atoms. The Kier molecular flexibility index (Phi) is 2.71. The molecular formula is C12H19N3. The standard InChI is InChI=1S/C12H19N3/c1-9-7-11(14)12(8-10(9)13)15-5-3-2-4-6-15/h7-8H,2-6,13-14H2,1H3. The molecule has 15 heavy (non-hydrogen) atoms. The van der Waals surface area contributed by atoms with E-state index in [0.717, 1.165) is 35.7 Å². The average Bonchev–Trinajstić information content (AvgIpc) is 2.25. The minimum atomic E-state index is 0.838. The van der Waals surface area contributed by atoms with Crippen LogP contribution in [0.25, 0.3) is 0 Å². The summed E-state index contributed by atoms with van der Waals surface area (Å²) in [4.78, 5) is 2.34. The van der Waals surface area contributed by atoms with Gasteiger partial charge >= 0.3 is 0 Å². The average molecular weight is 205 g/mol. The first-order chi connectivity index (χ1) is 7.18. The van der Waals surface area contributed by atoms with E-state index in [1.165, 1.54) is 19.3 Å². The number of hydrogen-bond acceptors (Lipinski definition) is 3. The van der Waals surface area contributed by atoms with E-state index in [1.807, 2.05) is 19.1 Å². The van der Waals surface area contributed by atoms with Crippen molar-refractivity contribution in [3.8, 4) is 0 Å². The smallest absolute Gasteiger partial charge is 0.0620 e. The highest BCUT2D eigenvalue weighted by atomic mass is 15.1. The van der Waals surface area contributed by atoms with E-state index in [0.29, 0.717) is 0 Å². The third-order valence-electron chi connectivity index (χ3n) is 3.11. The third kappa shape index (κ3) is 2.01. The topological polar surface area (TPSA) is 55.3 Å². The minimum absolute atomic E-state index is 0.838. The molecule has 0 spiro atoms. The van der Waals surface area contributed by atoms with Gasteiger partial charge in [-0.2, -0.15) is 0 Å². The van der Waals surface area contributed by atoms with Crippen molar-refractivity contribution < 1.29 is 0 Å². The summed E-state index contributed by atoms with van der Waals surface area (Å²) in [5.41, 5.74) is 15.8. The molecule has 82 valence electrons. The Hall–Kier alpha value is -1.38. The molecule has 1 aliphatic heterocycles. The van der Waals surface area contributed by atoms with Gasteiger partial charge in [-0.1, -0.05) is 0 Å². The van der Waals surface area contributed by atoms with Crippen molar-refractivity contribution in [2.45, 2.75) is 26.2 Å². The second-order valence-electron chi connectivity index (χ2n) is 4.32. The highest BCUT2D eigenvalue weighted by molar-refractivity contribution is 5.74. The van der Waals surface area contributed by atoms with Crippen molar-refractivity contribution in [1.82, 2.24) is 0 Å². The maximum absolute atomic E-state index is 6.02. The van der Waals surface area contributed by atoms with Gasteiger partial charge in [0, 0.05) is 18.8 Å². The normalized spacial score (nSPS) is 16.7. The molecule has 3 nitrogen and oxygen atoms in total. The van der Waals surface area contributed by atoms with Crippen molar-refractivity contribution in [2.75, 3.05) is 29.5 Å². The summed E-state index contributed by atoms with van der Waals surface area (Å²) in [6.07, 6.45) is 3.85. The van der Waals surface area contributed by atoms with Gasteiger partial charge in [0.2, 0.25) is 0 Å². The van der Waals surface area contributed by atoms with Crippen molar-refractivity contribution in [3.05, 3.63) is 17.7 Å². The number of nitrogens with two attached hydrogens (primary N) is 2. The molecule has 4 N–H and O–H groups in total. The van der Waals surface area contributed by atoms with Gasteiger partial charge in [-0.25, -0.2) is 0 Å². The number of rotatable bonds is 1. The van der Waals surface area contributed by atoms with Gasteiger partial charge in [0.05, 0.1) is 11.4 Å². The minimum Gasteiger partial charge on any atom is -0.398 e. The predicted octanol–water partition coefficient (Wildman–Crippen LogP) is 2.15. The lowest BCUT2D eigenvalue weighted by molar-refractivity contribution is 0.578. The Morgan fingerprint density at radius 2 is 1.67 bits per heavy atom. The van der Waals surface area contributed by atoms with Crippen LogP contribution in [0.4, 0.5) is 17.1 Å². The second-order valence-corrected chi connectivity index (χ2v) is 4.32. The molecule has 1 aromatic rings. The van der Waals surface area contributed by atoms with Gasteiger partial charge in [-0.15, -0.1) is 0 Å². The van der Waals surface area contributed by atoms with Crippen LogP contribution >= 0.6 is 0 Å². The number of benzene rings is 1. The SMILES string of the molecule is Cc1cc(N)c(N2CCCCC2)cc1N. The monoisotopic (exact) mass is 205 g/mol. The summed E-state index contributed by atoms with van der Waals surface area (Å²) in [7, 11) is 0. The Bertz CT molecular complexity index is 354. The van der Waals surface area contributed by atoms with E-state index >= 15 is 0 Å². The van der Waals surface area contributed by atoms with Crippen molar-refractivity contribution >= 4 is 17.1 Å². The van der Waals surface area contributed by atoms with E-state index in [-0.39, 0.29) is 0 Å². The summed E-state index contributed by atoms with van der Waals surface area (Å²) >= 11 is 0. The molecular weight excluding hydrogens is 186 g/mol. The van der Waals surface area contributed by atoms with Crippen LogP contribution in [0.3, 0.4) is 0 Å². The molecule has 1 saturated heterocycles. The first kappa shape index (κ1) is 10.1. The maximum Gasteiger partial charge on any atom is 0.0620 e. The summed E-state index contributed by atoms with van der Waals surface area (Å²) in [6, 6.07) is 3.98. The van der Waals surface area contributed by atoms with Crippen LogP contribution in [-0.4, -0.2) is 13.1 Å². The molecule has 1 heterocycles. The van der Waals surface area contributed by atoms with E-state index in [4.69, 9.17) is 11.5 Å². The van der Waals surface area contributed by atoms with Gasteiger partial charge < -0.3 is 16.4 Å². The van der Waals surface area contributed by atoms with Gasteiger partial charge in [0.1, 0.15) is 0 Å². The highest BCUT2D eigenvalue weighted by Crippen LogP contribution is 2.30. The van der Waals surface area contributed by atoms with Crippen LogP contribution in [0, 0.1) is 6.92 Å². The zero-order valence-corrected chi connectivity index (χ0v) is 9.29. The molecule has 1 aromatic carbocycles.